The number of aromatic hydroxyl groups is 1. The average Bonchev–Trinajstić information content (AvgIpc) is 2.40. The molecule has 2 N–H and O–H groups in total. The second kappa shape index (κ2) is 5.61. The number of ether oxygens (including phenoxy) is 1. The van der Waals surface area contributed by atoms with Gasteiger partial charge in [0.05, 0.1) is 5.56 Å². The van der Waals surface area contributed by atoms with Gasteiger partial charge in [-0.15, -0.1) is 0 Å². The maximum atomic E-state index is 12.1. The van der Waals surface area contributed by atoms with E-state index in [-0.39, 0.29) is 11.7 Å². The highest BCUT2D eigenvalue weighted by molar-refractivity contribution is 5.89. The van der Waals surface area contributed by atoms with Gasteiger partial charge in [-0.3, -0.25) is 0 Å². The third-order valence-corrected chi connectivity index (χ3v) is 3.78. The van der Waals surface area contributed by atoms with Gasteiger partial charge < -0.3 is 15.2 Å². The highest BCUT2D eigenvalue weighted by atomic mass is 16.6. The maximum absolute atomic E-state index is 12.1. The molecule has 1 fully saturated rings. The van der Waals surface area contributed by atoms with Crippen molar-refractivity contribution in [3.63, 3.8) is 0 Å². The molecule has 0 unspecified atom stereocenters. The van der Waals surface area contributed by atoms with E-state index in [1.165, 1.54) is 12.1 Å². The Bertz CT molecular complexity index is 433. The minimum absolute atomic E-state index is 0.147. The number of phenolic OH excluding ortho intramolecular Hbond substituents is 1. The largest absolute Gasteiger partial charge is 0.508 e. The topological polar surface area (TPSA) is 58.6 Å². The molecule has 1 aromatic carbocycles. The number of phenols is 1. The van der Waals surface area contributed by atoms with E-state index in [9.17, 15) is 9.90 Å². The predicted molar refractivity (Wildman–Crippen MR) is 73.2 cm³/mol. The molecule has 19 heavy (non-hydrogen) atoms. The van der Waals surface area contributed by atoms with Crippen LogP contribution >= 0.6 is 0 Å². The molecule has 1 aliphatic heterocycles. The highest BCUT2D eigenvalue weighted by Gasteiger charge is 2.34. The first kappa shape index (κ1) is 13.9. The number of hydrogen-bond acceptors (Lipinski definition) is 4. The first-order valence-corrected chi connectivity index (χ1v) is 6.72. The number of rotatable bonds is 3. The van der Waals surface area contributed by atoms with Crippen LogP contribution in [-0.4, -0.2) is 29.8 Å². The lowest BCUT2D eigenvalue weighted by Gasteiger charge is -2.36. The number of nitrogens with one attached hydrogen (secondary N) is 1. The van der Waals surface area contributed by atoms with Crippen LogP contribution in [0.2, 0.25) is 0 Å². The van der Waals surface area contributed by atoms with Crippen LogP contribution in [-0.2, 0) is 4.74 Å². The van der Waals surface area contributed by atoms with Crippen molar-refractivity contribution >= 4 is 5.97 Å². The second-order valence-corrected chi connectivity index (χ2v) is 5.56. The standard InChI is InChI=1S/C15H21NO3/c1-15(2,12-7-9-16-10-8-12)19-14(18)11-3-5-13(17)6-4-11/h3-6,12,16-17H,7-10H2,1-2H3. The van der Waals surface area contributed by atoms with Crippen molar-refractivity contribution in [2.45, 2.75) is 32.3 Å². The molecule has 0 amide bonds. The molecule has 0 atom stereocenters. The van der Waals surface area contributed by atoms with E-state index in [0.29, 0.717) is 11.5 Å². The molecule has 0 aliphatic carbocycles. The molecular weight excluding hydrogens is 242 g/mol. The zero-order valence-corrected chi connectivity index (χ0v) is 11.5. The summed E-state index contributed by atoms with van der Waals surface area (Å²) < 4.78 is 5.65. The molecule has 4 nitrogen and oxygen atoms in total. The van der Waals surface area contributed by atoms with E-state index < -0.39 is 5.60 Å². The van der Waals surface area contributed by atoms with Crippen molar-refractivity contribution in [1.29, 1.82) is 0 Å². The molecule has 1 heterocycles. The van der Waals surface area contributed by atoms with E-state index in [1.807, 2.05) is 13.8 Å². The molecule has 0 bridgehead atoms. The first-order chi connectivity index (χ1) is 8.99. The lowest BCUT2D eigenvalue weighted by Crippen LogP contribution is -2.42. The molecule has 0 spiro atoms. The molecule has 0 aromatic heterocycles. The summed E-state index contributed by atoms with van der Waals surface area (Å²) in [6.07, 6.45) is 2.05. The van der Waals surface area contributed by atoms with Gasteiger partial charge in [-0.25, -0.2) is 4.79 Å². The van der Waals surface area contributed by atoms with Gasteiger partial charge in [0.25, 0.3) is 0 Å². The Morgan fingerprint density at radius 3 is 2.42 bits per heavy atom. The molecule has 1 aliphatic rings. The van der Waals surface area contributed by atoms with Gasteiger partial charge in [-0.2, -0.15) is 0 Å². The van der Waals surface area contributed by atoms with Crippen LogP contribution in [0.1, 0.15) is 37.0 Å². The lowest BCUT2D eigenvalue weighted by atomic mass is 9.83. The smallest absolute Gasteiger partial charge is 0.338 e. The van der Waals surface area contributed by atoms with E-state index in [2.05, 4.69) is 5.32 Å². The molecule has 1 aromatic rings. The number of benzene rings is 1. The van der Waals surface area contributed by atoms with Gasteiger partial charge in [0, 0.05) is 5.92 Å². The van der Waals surface area contributed by atoms with Crippen LogP contribution in [0.3, 0.4) is 0 Å². The van der Waals surface area contributed by atoms with Gasteiger partial charge in [0.2, 0.25) is 0 Å². The van der Waals surface area contributed by atoms with Crippen LogP contribution in [0.5, 0.6) is 5.75 Å². The van der Waals surface area contributed by atoms with Crippen LogP contribution in [0.15, 0.2) is 24.3 Å². The van der Waals surface area contributed by atoms with Gasteiger partial charge in [0.1, 0.15) is 11.4 Å². The Kier molecular flexibility index (Phi) is 4.10. The van der Waals surface area contributed by atoms with E-state index in [0.717, 1.165) is 25.9 Å². The van der Waals surface area contributed by atoms with Crippen molar-refractivity contribution < 1.29 is 14.6 Å². The molecule has 0 saturated carbocycles. The number of carbonyl (C=O) groups is 1. The van der Waals surface area contributed by atoms with Gasteiger partial charge in [-0.1, -0.05) is 0 Å². The molecular formula is C15H21NO3. The fourth-order valence-corrected chi connectivity index (χ4v) is 2.50. The Hall–Kier alpha value is -1.55. The fourth-order valence-electron chi connectivity index (χ4n) is 2.50. The molecule has 0 radical (unpaired) electrons. The van der Waals surface area contributed by atoms with Crippen LogP contribution in [0.25, 0.3) is 0 Å². The molecule has 4 heteroatoms. The van der Waals surface area contributed by atoms with Crippen molar-refractivity contribution in [2.24, 2.45) is 5.92 Å². The second-order valence-electron chi connectivity index (χ2n) is 5.56. The lowest BCUT2D eigenvalue weighted by molar-refractivity contribution is -0.0368. The van der Waals surface area contributed by atoms with Gasteiger partial charge in [0.15, 0.2) is 0 Å². The third-order valence-electron chi connectivity index (χ3n) is 3.78. The SMILES string of the molecule is CC(C)(OC(=O)c1ccc(O)cc1)C1CCNCC1. The zero-order valence-electron chi connectivity index (χ0n) is 11.5. The summed E-state index contributed by atoms with van der Waals surface area (Å²) in [6.45, 7) is 5.90. The Labute approximate surface area is 113 Å². The highest BCUT2D eigenvalue weighted by Crippen LogP contribution is 2.29. The summed E-state index contributed by atoms with van der Waals surface area (Å²) in [5.41, 5.74) is 0.0108. The first-order valence-electron chi connectivity index (χ1n) is 6.72. The van der Waals surface area contributed by atoms with Gasteiger partial charge in [-0.05, 0) is 64.0 Å². The maximum Gasteiger partial charge on any atom is 0.338 e. The van der Waals surface area contributed by atoms with Gasteiger partial charge >= 0.3 is 5.97 Å². The minimum Gasteiger partial charge on any atom is -0.508 e. The summed E-state index contributed by atoms with van der Waals surface area (Å²) in [5, 5.41) is 12.5. The van der Waals surface area contributed by atoms with E-state index in [4.69, 9.17) is 4.74 Å². The normalized spacial score (nSPS) is 17.2. The Balaban J connectivity index is 2.02. The van der Waals surface area contributed by atoms with Crippen molar-refractivity contribution in [2.75, 3.05) is 13.1 Å². The third kappa shape index (κ3) is 3.47. The summed E-state index contributed by atoms with van der Waals surface area (Å²) in [7, 11) is 0. The minimum atomic E-state index is -0.461. The predicted octanol–water partition coefficient (Wildman–Crippen LogP) is 2.33. The van der Waals surface area contributed by atoms with Crippen LogP contribution < -0.4 is 5.32 Å². The average molecular weight is 263 g/mol. The summed E-state index contributed by atoms with van der Waals surface area (Å²) in [6, 6.07) is 6.15. The Morgan fingerprint density at radius 2 is 1.84 bits per heavy atom. The van der Waals surface area contributed by atoms with Crippen molar-refractivity contribution in [3.05, 3.63) is 29.8 Å². The van der Waals surface area contributed by atoms with Crippen LogP contribution in [0, 0.1) is 5.92 Å². The van der Waals surface area contributed by atoms with Crippen molar-refractivity contribution in [3.8, 4) is 5.75 Å². The number of piperidine rings is 1. The summed E-state index contributed by atoms with van der Waals surface area (Å²) in [5.74, 6) is 0.201. The quantitative estimate of drug-likeness (QED) is 0.822. The number of hydrogen-bond donors (Lipinski definition) is 2. The Morgan fingerprint density at radius 1 is 1.26 bits per heavy atom. The molecule has 104 valence electrons. The van der Waals surface area contributed by atoms with E-state index >= 15 is 0 Å². The van der Waals surface area contributed by atoms with Crippen LogP contribution in [0.4, 0.5) is 0 Å². The zero-order chi connectivity index (χ0) is 13.9. The summed E-state index contributed by atoms with van der Waals surface area (Å²) >= 11 is 0. The number of esters is 1. The fraction of sp³-hybridized carbons (Fsp3) is 0.533. The molecule has 1 saturated heterocycles. The molecule has 2 rings (SSSR count). The monoisotopic (exact) mass is 263 g/mol. The number of carbonyl (C=O) groups excluding carboxylic acids is 1. The van der Waals surface area contributed by atoms with E-state index in [1.54, 1.807) is 12.1 Å². The summed E-state index contributed by atoms with van der Waals surface area (Å²) in [4.78, 5) is 12.1. The van der Waals surface area contributed by atoms with Crippen molar-refractivity contribution in [1.82, 2.24) is 5.32 Å².